The Balaban J connectivity index is 2.19. The van der Waals surface area contributed by atoms with Gasteiger partial charge in [-0.05, 0) is 61.4 Å². The first-order chi connectivity index (χ1) is 7.50. The van der Waals surface area contributed by atoms with Gasteiger partial charge in [-0.2, -0.15) is 0 Å². The molecule has 94 valence electrons. The minimum absolute atomic E-state index is 0.586. The van der Waals surface area contributed by atoms with Crippen LogP contribution < -0.4 is 5.32 Å². The van der Waals surface area contributed by atoms with Crippen molar-refractivity contribution in [1.29, 1.82) is 0 Å². The van der Waals surface area contributed by atoms with Gasteiger partial charge in [0.1, 0.15) is 0 Å². The third-order valence-corrected chi connectivity index (χ3v) is 5.26. The topological polar surface area (TPSA) is 12.0 Å². The van der Waals surface area contributed by atoms with Gasteiger partial charge >= 0.3 is 0 Å². The maximum absolute atomic E-state index is 3.62. The lowest BCUT2D eigenvalue weighted by Gasteiger charge is -2.46. The first-order valence-electron chi connectivity index (χ1n) is 7.21. The molecule has 1 aliphatic heterocycles. The minimum Gasteiger partial charge on any atom is -0.316 e. The Bertz CT molecular complexity index is 244. The molecule has 3 atom stereocenters. The highest BCUT2D eigenvalue weighted by atomic mass is 14.9. The van der Waals surface area contributed by atoms with Crippen LogP contribution in [0.5, 0.6) is 0 Å². The van der Waals surface area contributed by atoms with Gasteiger partial charge in [-0.15, -0.1) is 0 Å². The van der Waals surface area contributed by atoms with Gasteiger partial charge in [0.15, 0.2) is 0 Å². The molecule has 3 unspecified atom stereocenters. The predicted octanol–water partition coefficient (Wildman–Crippen LogP) is 3.84. The molecular formula is C15H29N. The van der Waals surface area contributed by atoms with Crippen molar-refractivity contribution >= 4 is 0 Å². The van der Waals surface area contributed by atoms with E-state index in [-0.39, 0.29) is 0 Å². The molecule has 1 aliphatic carbocycles. The van der Waals surface area contributed by atoms with Crippen LogP contribution >= 0.6 is 0 Å². The minimum atomic E-state index is 0.586. The van der Waals surface area contributed by atoms with Crippen LogP contribution in [-0.2, 0) is 0 Å². The molecule has 2 rings (SSSR count). The van der Waals surface area contributed by atoms with Crippen LogP contribution in [-0.4, -0.2) is 13.1 Å². The fourth-order valence-corrected chi connectivity index (χ4v) is 4.79. The van der Waals surface area contributed by atoms with Crippen molar-refractivity contribution in [2.45, 2.75) is 59.8 Å². The summed E-state index contributed by atoms with van der Waals surface area (Å²) in [5.74, 6) is 1.86. The monoisotopic (exact) mass is 223 g/mol. The van der Waals surface area contributed by atoms with Gasteiger partial charge in [0.25, 0.3) is 0 Å². The standard InChI is InChI=1S/C15H29N/c1-5-6-13-10-16-8-7-15(13)11-14(3,4)9-12(15)2/h12-13,16H,5-11H2,1-4H3. The Morgan fingerprint density at radius 3 is 2.62 bits per heavy atom. The molecule has 0 aromatic heterocycles. The lowest BCUT2D eigenvalue weighted by atomic mass is 9.63. The zero-order valence-corrected chi connectivity index (χ0v) is 11.6. The molecule has 1 saturated carbocycles. The molecule has 1 heteroatoms. The Morgan fingerprint density at radius 1 is 1.31 bits per heavy atom. The van der Waals surface area contributed by atoms with Crippen molar-refractivity contribution in [3.05, 3.63) is 0 Å². The van der Waals surface area contributed by atoms with Crippen LogP contribution in [0.4, 0.5) is 0 Å². The SMILES string of the molecule is CCCC1CNCCC12CC(C)(C)CC2C. The van der Waals surface area contributed by atoms with Crippen molar-refractivity contribution in [2.24, 2.45) is 22.7 Å². The fourth-order valence-electron chi connectivity index (χ4n) is 4.79. The molecule has 0 radical (unpaired) electrons. The highest BCUT2D eigenvalue weighted by Gasteiger charge is 2.52. The normalized spacial score (nSPS) is 42.8. The molecule has 2 fully saturated rings. The van der Waals surface area contributed by atoms with E-state index >= 15 is 0 Å². The second kappa shape index (κ2) is 4.33. The molecule has 16 heavy (non-hydrogen) atoms. The zero-order valence-electron chi connectivity index (χ0n) is 11.6. The summed E-state index contributed by atoms with van der Waals surface area (Å²) >= 11 is 0. The number of nitrogens with one attached hydrogen (secondary N) is 1. The molecule has 0 aromatic carbocycles. The van der Waals surface area contributed by atoms with E-state index < -0.39 is 0 Å². The Labute approximate surface area is 101 Å². The van der Waals surface area contributed by atoms with Gasteiger partial charge < -0.3 is 5.32 Å². The van der Waals surface area contributed by atoms with Gasteiger partial charge in [0.05, 0.1) is 0 Å². The number of piperidine rings is 1. The summed E-state index contributed by atoms with van der Waals surface area (Å²) in [5, 5.41) is 3.62. The van der Waals surface area contributed by atoms with E-state index in [2.05, 4.69) is 33.0 Å². The molecule has 0 bridgehead atoms. The second-order valence-electron chi connectivity index (χ2n) is 7.12. The first kappa shape index (κ1) is 12.4. The van der Waals surface area contributed by atoms with Gasteiger partial charge in [-0.3, -0.25) is 0 Å². The molecule has 1 heterocycles. The van der Waals surface area contributed by atoms with E-state index in [1.54, 1.807) is 0 Å². The lowest BCUT2D eigenvalue weighted by molar-refractivity contribution is 0.0553. The van der Waals surface area contributed by atoms with Crippen LogP contribution in [0.1, 0.15) is 59.8 Å². The largest absolute Gasteiger partial charge is 0.316 e. The Morgan fingerprint density at radius 2 is 2.06 bits per heavy atom. The molecule has 1 saturated heterocycles. The van der Waals surface area contributed by atoms with E-state index in [0.717, 1.165) is 11.8 Å². The molecule has 1 spiro atoms. The fraction of sp³-hybridized carbons (Fsp3) is 1.00. The van der Waals surface area contributed by atoms with Crippen molar-refractivity contribution in [3.63, 3.8) is 0 Å². The molecule has 0 aromatic rings. The number of hydrogen-bond acceptors (Lipinski definition) is 1. The van der Waals surface area contributed by atoms with Crippen LogP contribution in [0.3, 0.4) is 0 Å². The summed E-state index contributed by atoms with van der Waals surface area (Å²) in [6.45, 7) is 12.3. The molecule has 1 nitrogen and oxygen atoms in total. The smallest absolute Gasteiger partial charge is 0.00151 e. The first-order valence-corrected chi connectivity index (χ1v) is 7.21. The lowest BCUT2D eigenvalue weighted by Crippen LogP contribution is -2.46. The summed E-state index contributed by atoms with van der Waals surface area (Å²) in [6, 6.07) is 0. The van der Waals surface area contributed by atoms with E-state index in [4.69, 9.17) is 0 Å². The second-order valence-corrected chi connectivity index (χ2v) is 7.12. The molecule has 2 aliphatic rings. The number of rotatable bonds is 2. The van der Waals surface area contributed by atoms with Crippen LogP contribution in [0.2, 0.25) is 0 Å². The maximum Gasteiger partial charge on any atom is -0.00151 e. The molecule has 0 amide bonds. The third kappa shape index (κ3) is 2.03. The average Bonchev–Trinajstić information content (AvgIpc) is 2.41. The molecular weight excluding hydrogens is 194 g/mol. The summed E-state index contributed by atoms with van der Waals surface area (Å²) in [4.78, 5) is 0. The summed E-state index contributed by atoms with van der Waals surface area (Å²) < 4.78 is 0. The van der Waals surface area contributed by atoms with Crippen molar-refractivity contribution < 1.29 is 0 Å². The van der Waals surface area contributed by atoms with Crippen molar-refractivity contribution in [3.8, 4) is 0 Å². The van der Waals surface area contributed by atoms with Crippen molar-refractivity contribution in [1.82, 2.24) is 5.32 Å². The maximum atomic E-state index is 3.62. The van der Waals surface area contributed by atoms with Crippen LogP contribution in [0, 0.1) is 22.7 Å². The van der Waals surface area contributed by atoms with E-state index in [0.29, 0.717) is 10.8 Å². The average molecular weight is 223 g/mol. The van der Waals surface area contributed by atoms with E-state index in [9.17, 15) is 0 Å². The van der Waals surface area contributed by atoms with E-state index in [1.165, 1.54) is 45.2 Å². The van der Waals surface area contributed by atoms with Gasteiger partial charge in [0.2, 0.25) is 0 Å². The molecule has 1 N–H and O–H groups in total. The summed E-state index contributed by atoms with van der Waals surface area (Å²) in [6.07, 6.45) is 7.09. The zero-order chi connectivity index (χ0) is 11.8. The Kier molecular flexibility index (Phi) is 3.36. The summed E-state index contributed by atoms with van der Waals surface area (Å²) in [5.41, 5.74) is 1.26. The van der Waals surface area contributed by atoms with Crippen molar-refractivity contribution in [2.75, 3.05) is 13.1 Å². The highest BCUT2D eigenvalue weighted by Crippen LogP contribution is 2.59. The van der Waals surface area contributed by atoms with Gasteiger partial charge in [-0.25, -0.2) is 0 Å². The number of hydrogen-bond donors (Lipinski definition) is 1. The summed E-state index contributed by atoms with van der Waals surface area (Å²) in [7, 11) is 0. The predicted molar refractivity (Wildman–Crippen MR) is 70.5 cm³/mol. The Hall–Kier alpha value is -0.0400. The van der Waals surface area contributed by atoms with Crippen LogP contribution in [0.15, 0.2) is 0 Å². The highest BCUT2D eigenvalue weighted by molar-refractivity contribution is 5.03. The van der Waals surface area contributed by atoms with E-state index in [1.807, 2.05) is 0 Å². The van der Waals surface area contributed by atoms with Gasteiger partial charge in [0, 0.05) is 0 Å². The van der Waals surface area contributed by atoms with Crippen LogP contribution in [0.25, 0.3) is 0 Å². The quantitative estimate of drug-likeness (QED) is 0.750. The van der Waals surface area contributed by atoms with Gasteiger partial charge in [-0.1, -0.05) is 34.1 Å². The third-order valence-electron chi connectivity index (χ3n) is 5.26.